The van der Waals surface area contributed by atoms with Crippen LogP contribution in [0.3, 0.4) is 0 Å². The number of nitrogen functional groups attached to an aromatic ring is 1. The second-order valence-electron chi connectivity index (χ2n) is 4.23. The fraction of sp³-hybridized carbons (Fsp3) is 0. The SMILES string of the molecule is Nc1cc(Br)cc(C(=O)Nc2ccc(C(=O)O)cc2F)c1. The summed E-state index contributed by atoms with van der Waals surface area (Å²) in [7, 11) is 0. The Labute approximate surface area is 127 Å². The predicted octanol–water partition coefficient (Wildman–Crippen LogP) is 3.12. The molecule has 4 N–H and O–H groups in total. The molecule has 0 atom stereocenters. The van der Waals surface area contributed by atoms with Gasteiger partial charge in [-0.3, -0.25) is 4.79 Å². The first kappa shape index (κ1) is 15.0. The smallest absolute Gasteiger partial charge is 0.335 e. The minimum Gasteiger partial charge on any atom is -0.478 e. The van der Waals surface area contributed by atoms with E-state index in [-0.39, 0.29) is 16.8 Å². The van der Waals surface area contributed by atoms with Crippen LogP contribution in [0.4, 0.5) is 15.8 Å². The van der Waals surface area contributed by atoms with Gasteiger partial charge in [0.2, 0.25) is 0 Å². The molecule has 0 aliphatic carbocycles. The van der Waals surface area contributed by atoms with Crippen molar-refractivity contribution in [3.63, 3.8) is 0 Å². The van der Waals surface area contributed by atoms with Gasteiger partial charge in [-0.25, -0.2) is 9.18 Å². The lowest BCUT2D eigenvalue weighted by Gasteiger charge is -2.08. The molecule has 0 unspecified atom stereocenters. The van der Waals surface area contributed by atoms with Crippen molar-refractivity contribution in [3.8, 4) is 0 Å². The monoisotopic (exact) mass is 352 g/mol. The average molecular weight is 353 g/mol. The zero-order valence-electron chi connectivity index (χ0n) is 10.6. The number of carboxylic acids is 1. The van der Waals surface area contributed by atoms with E-state index in [1.54, 1.807) is 6.07 Å². The molecule has 0 spiro atoms. The number of nitrogens with one attached hydrogen (secondary N) is 1. The molecule has 7 heteroatoms. The lowest BCUT2D eigenvalue weighted by molar-refractivity contribution is 0.0696. The van der Waals surface area contributed by atoms with E-state index in [9.17, 15) is 14.0 Å². The summed E-state index contributed by atoms with van der Waals surface area (Å²) in [6.45, 7) is 0. The maximum Gasteiger partial charge on any atom is 0.335 e. The molecule has 0 saturated carbocycles. The first-order chi connectivity index (χ1) is 9.86. The van der Waals surface area contributed by atoms with Gasteiger partial charge < -0.3 is 16.2 Å². The molecule has 0 radical (unpaired) electrons. The van der Waals surface area contributed by atoms with Gasteiger partial charge in [-0.05, 0) is 36.4 Å². The van der Waals surface area contributed by atoms with Crippen LogP contribution < -0.4 is 11.1 Å². The summed E-state index contributed by atoms with van der Waals surface area (Å²) < 4.78 is 14.4. The highest BCUT2D eigenvalue weighted by Crippen LogP contribution is 2.20. The van der Waals surface area contributed by atoms with Crippen LogP contribution in [0.25, 0.3) is 0 Å². The minimum absolute atomic E-state index is 0.108. The number of benzene rings is 2. The Morgan fingerprint density at radius 3 is 2.43 bits per heavy atom. The van der Waals surface area contributed by atoms with Crippen LogP contribution in [-0.2, 0) is 0 Å². The second kappa shape index (κ2) is 5.92. The number of hydrogen-bond donors (Lipinski definition) is 3. The van der Waals surface area contributed by atoms with Crippen LogP contribution in [0.1, 0.15) is 20.7 Å². The molecule has 2 aromatic carbocycles. The number of anilines is 2. The normalized spacial score (nSPS) is 10.2. The molecule has 21 heavy (non-hydrogen) atoms. The summed E-state index contributed by atoms with van der Waals surface area (Å²) in [6, 6.07) is 7.85. The third kappa shape index (κ3) is 3.57. The van der Waals surface area contributed by atoms with E-state index in [0.717, 1.165) is 6.07 Å². The van der Waals surface area contributed by atoms with Crippen molar-refractivity contribution < 1.29 is 19.1 Å². The largest absolute Gasteiger partial charge is 0.478 e. The fourth-order valence-corrected chi connectivity index (χ4v) is 2.20. The Balaban J connectivity index is 2.25. The summed E-state index contributed by atoms with van der Waals surface area (Å²) in [4.78, 5) is 22.7. The Morgan fingerprint density at radius 1 is 1.14 bits per heavy atom. The number of carbonyl (C=O) groups excluding carboxylic acids is 1. The first-order valence-electron chi connectivity index (χ1n) is 5.77. The number of rotatable bonds is 3. The van der Waals surface area contributed by atoms with Crippen LogP contribution in [0.2, 0.25) is 0 Å². The van der Waals surface area contributed by atoms with Gasteiger partial charge in [0.25, 0.3) is 5.91 Å². The molecule has 5 nitrogen and oxygen atoms in total. The van der Waals surface area contributed by atoms with Gasteiger partial charge in [0.15, 0.2) is 0 Å². The van der Waals surface area contributed by atoms with Crippen molar-refractivity contribution in [3.05, 3.63) is 57.8 Å². The van der Waals surface area contributed by atoms with Crippen LogP contribution in [-0.4, -0.2) is 17.0 Å². The molecule has 0 heterocycles. The summed E-state index contributed by atoms with van der Waals surface area (Å²) in [5, 5.41) is 11.1. The van der Waals surface area contributed by atoms with Crippen molar-refractivity contribution in [2.24, 2.45) is 0 Å². The quantitative estimate of drug-likeness (QED) is 0.740. The molecule has 0 aliphatic rings. The third-order valence-electron chi connectivity index (χ3n) is 2.65. The van der Waals surface area contributed by atoms with E-state index >= 15 is 0 Å². The first-order valence-corrected chi connectivity index (χ1v) is 6.56. The molecule has 108 valence electrons. The van der Waals surface area contributed by atoms with Crippen molar-refractivity contribution in [2.45, 2.75) is 0 Å². The van der Waals surface area contributed by atoms with E-state index in [1.807, 2.05) is 0 Å². The van der Waals surface area contributed by atoms with Gasteiger partial charge in [-0.1, -0.05) is 15.9 Å². The van der Waals surface area contributed by atoms with Crippen LogP contribution >= 0.6 is 15.9 Å². The van der Waals surface area contributed by atoms with E-state index in [4.69, 9.17) is 10.8 Å². The van der Waals surface area contributed by atoms with Gasteiger partial charge in [0, 0.05) is 15.7 Å². The number of aromatic carboxylic acids is 1. The van der Waals surface area contributed by atoms with Crippen LogP contribution in [0.15, 0.2) is 40.9 Å². The molecule has 0 aromatic heterocycles. The summed E-state index contributed by atoms with van der Waals surface area (Å²) in [6.07, 6.45) is 0. The van der Waals surface area contributed by atoms with Crippen LogP contribution in [0.5, 0.6) is 0 Å². The van der Waals surface area contributed by atoms with Gasteiger partial charge in [-0.15, -0.1) is 0 Å². The molecule has 0 bridgehead atoms. The molecule has 1 amide bonds. The number of carbonyl (C=O) groups is 2. The van der Waals surface area contributed by atoms with Crippen molar-refractivity contribution in [1.82, 2.24) is 0 Å². The predicted molar refractivity (Wildman–Crippen MR) is 79.9 cm³/mol. The molecular formula is C14H10BrFN2O3. The van der Waals surface area contributed by atoms with Crippen molar-refractivity contribution >= 4 is 39.2 Å². The maximum atomic E-state index is 13.7. The Bertz CT molecular complexity index is 714. The zero-order chi connectivity index (χ0) is 15.6. The van der Waals surface area contributed by atoms with Gasteiger partial charge >= 0.3 is 5.97 Å². The van der Waals surface area contributed by atoms with E-state index < -0.39 is 17.7 Å². The highest BCUT2D eigenvalue weighted by molar-refractivity contribution is 9.10. The summed E-state index contributed by atoms with van der Waals surface area (Å²) in [5.41, 5.74) is 5.96. The van der Waals surface area contributed by atoms with E-state index in [1.165, 1.54) is 24.3 Å². The van der Waals surface area contributed by atoms with Gasteiger partial charge in [-0.2, -0.15) is 0 Å². The topological polar surface area (TPSA) is 92.4 Å². The molecule has 2 rings (SSSR count). The highest BCUT2D eigenvalue weighted by Gasteiger charge is 2.13. The highest BCUT2D eigenvalue weighted by atomic mass is 79.9. The number of amides is 1. The molecule has 0 aliphatic heterocycles. The summed E-state index contributed by atoms with van der Waals surface area (Å²) >= 11 is 3.21. The maximum absolute atomic E-state index is 13.7. The molecule has 0 fully saturated rings. The van der Waals surface area contributed by atoms with Gasteiger partial charge in [0.05, 0.1) is 11.3 Å². The van der Waals surface area contributed by atoms with Crippen molar-refractivity contribution in [2.75, 3.05) is 11.1 Å². The lowest BCUT2D eigenvalue weighted by Crippen LogP contribution is -2.13. The Kier molecular flexibility index (Phi) is 4.23. The number of hydrogen-bond acceptors (Lipinski definition) is 3. The molecular weight excluding hydrogens is 343 g/mol. The van der Waals surface area contributed by atoms with Crippen molar-refractivity contribution in [1.29, 1.82) is 0 Å². The van der Waals surface area contributed by atoms with Crippen LogP contribution in [0, 0.1) is 5.82 Å². The van der Waals surface area contributed by atoms with E-state index in [2.05, 4.69) is 21.2 Å². The number of halogens is 2. The number of nitrogens with two attached hydrogens (primary N) is 1. The standard InChI is InChI=1S/C14H10BrFN2O3/c15-9-3-8(4-10(17)6-9)13(19)18-12-2-1-7(14(20)21)5-11(12)16/h1-6H,17H2,(H,18,19)(H,20,21). The zero-order valence-corrected chi connectivity index (χ0v) is 12.1. The van der Waals surface area contributed by atoms with E-state index in [0.29, 0.717) is 10.2 Å². The Hall–Kier alpha value is -2.41. The third-order valence-corrected chi connectivity index (χ3v) is 3.10. The number of carboxylic acid groups (broad SMARTS) is 1. The minimum atomic E-state index is -1.24. The average Bonchev–Trinajstić information content (AvgIpc) is 2.39. The van der Waals surface area contributed by atoms with Gasteiger partial charge in [0.1, 0.15) is 5.82 Å². The second-order valence-corrected chi connectivity index (χ2v) is 5.14. The fourth-order valence-electron chi connectivity index (χ4n) is 1.69. The Morgan fingerprint density at radius 2 is 1.86 bits per heavy atom. The molecule has 0 saturated heterocycles. The summed E-state index contributed by atoms with van der Waals surface area (Å²) in [5.74, 6) is -2.62. The molecule has 2 aromatic rings. The lowest BCUT2D eigenvalue weighted by atomic mass is 10.1.